The molecule has 0 aliphatic rings. The maximum absolute atomic E-state index is 11.9. The highest BCUT2D eigenvalue weighted by molar-refractivity contribution is 7.99. The average molecular weight is 357 g/mol. The molecule has 0 aliphatic carbocycles. The number of nitrogens with one attached hydrogen (secondary N) is 1. The second-order valence-electron chi connectivity index (χ2n) is 5.77. The molecule has 0 bridgehead atoms. The van der Waals surface area contributed by atoms with Crippen LogP contribution in [0.3, 0.4) is 0 Å². The molecule has 1 N–H and O–H groups in total. The Morgan fingerprint density at radius 1 is 1.08 bits per heavy atom. The monoisotopic (exact) mass is 357 g/mol. The van der Waals surface area contributed by atoms with Crippen molar-refractivity contribution in [1.29, 1.82) is 0 Å². The van der Waals surface area contributed by atoms with Crippen LogP contribution < -0.4 is 5.32 Å². The van der Waals surface area contributed by atoms with Crippen molar-refractivity contribution in [2.75, 3.05) is 12.4 Å². The molecule has 132 valence electrons. The lowest BCUT2D eigenvalue weighted by Gasteiger charge is -2.14. The molecule has 0 saturated heterocycles. The lowest BCUT2D eigenvalue weighted by Crippen LogP contribution is -2.31. The summed E-state index contributed by atoms with van der Waals surface area (Å²) in [4.78, 5) is 24.7. The average Bonchev–Trinajstić information content (AvgIpc) is 2.62. The highest BCUT2D eigenvalue weighted by Crippen LogP contribution is 2.19. The van der Waals surface area contributed by atoms with Gasteiger partial charge in [-0.05, 0) is 31.5 Å². The second-order valence-corrected chi connectivity index (χ2v) is 6.94. The minimum absolute atomic E-state index is 0.121. The van der Waals surface area contributed by atoms with E-state index >= 15 is 0 Å². The molecule has 0 heterocycles. The van der Waals surface area contributed by atoms with Gasteiger partial charge in [0.05, 0.1) is 12.5 Å². The van der Waals surface area contributed by atoms with Gasteiger partial charge < -0.3 is 10.1 Å². The molecule has 0 radical (unpaired) electrons. The Morgan fingerprint density at radius 2 is 1.76 bits per heavy atom. The summed E-state index contributed by atoms with van der Waals surface area (Å²) in [5, 5.41) is 2.82. The number of aryl methyl sites for hydroxylation is 1. The predicted octanol–water partition coefficient (Wildman–Crippen LogP) is 3.90. The van der Waals surface area contributed by atoms with Crippen LogP contribution in [-0.4, -0.2) is 24.2 Å². The summed E-state index contributed by atoms with van der Waals surface area (Å²) in [7, 11) is 0. The molecule has 4 nitrogen and oxygen atoms in total. The number of hydrogen-bond acceptors (Lipinski definition) is 4. The van der Waals surface area contributed by atoms with E-state index in [4.69, 9.17) is 4.74 Å². The first kappa shape index (κ1) is 19.1. The molecule has 0 fully saturated rings. The molecule has 25 heavy (non-hydrogen) atoms. The third-order valence-corrected chi connectivity index (χ3v) is 4.65. The van der Waals surface area contributed by atoms with Gasteiger partial charge in [-0.2, -0.15) is 0 Å². The van der Waals surface area contributed by atoms with Gasteiger partial charge >= 0.3 is 5.97 Å². The molecule has 0 spiro atoms. The fraction of sp³-hybridized carbons (Fsp3) is 0.300. The lowest BCUT2D eigenvalue weighted by atomic mass is 10.1. The van der Waals surface area contributed by atoms with Crippen LogP contribution in [0, 0.1) is 6.92 Å². The Bertz CT molecular complexity index is 686. The summed E-state index contributed by atoms with van der Waals surface area (Å²) in [5.74, 6) is -0.0257. The van der Waals surface area contributed by atoms with Gasteiger partial charge in [0, 0.05) is 10.6 Å². The van der Waals surface area contributed by atoms with Crippen molar-refractivity contribution in [2.24, 2.45) is 0 Å². The Morgan fingerprint density at radius 3 is 2.44 bits per heavy atom. The van der Waals surface area contributed by atoms with Crippen LogP contribution in [0.4, 0.5) is 0 Å². The third kappa shape index (κ3) is 7.01. The van der Waals surface area contributed by atoms with Gasteiger partial charge in [0.25, 0.3) is 5.91 Å². The lowest BCUT2D eigenvalue weighted by molar-refractivity contribution is -0.148. The summed E-state index contributed by atoms with van der Waals surface area (Å²) in [5.41, 5.74) is 2.22. The molecule has 2 rings (SSSR count). The summed E-state index contributed by atoms with van der Waals surface area (Å²) in [6.45, 7) is 3.69. The van der Waals surface area contributed by atoms with Crippen molar-refractivity contribution in [3.63, 3.8) is 0 Å². The minimum atomic E-state index is -0.359. The fourth-order valence-electron chi connectivity index (χ4n) is 2.21. The Hall–Kier alpha value is -2.27. The zero-order chi connectivity index (χ0) is 18.1. The van der Waals surface area contributed by atoms with Crippen molar-refractivity contribution >= 4 is 23.6 Å². The van der Waals surface area contributed by atoms with Crippen molar-refractivity contribution in [3.05, 3.63) is 65.7 Å². The van der Waals surface area contributed by atoms with Crippen molar-refractivity contribution in [3.8, 4) is 0 Å². The van der Waals surface area contributed by atoms with E-state index in [-0.39, 0.29) is 30.9 Å². The van der Waals surface area contributed by atoms with Gasteiger partial charge in [-0.1, -0.05) is 48.0 Å². The van der Waals surface area contributed by atoms with Crippen LogP contribution in [0.1, 0.15) is 30.5 Å². The number of esters is 1. The molecule has 2 aromatic rings. The highest BCUT2D eigenvalue weighted by Gasteiger charge is 2.11. The topological polar surface area (TPSA) is 55.4 Å². The summed E-state index contributed by atoms with van der Waals surface area (Å²) in [6, 6.07) is 17.7. The molecule has 5 heteroatoms. The third-order valence-electron chi connectivity index (χ3n) is 3.64. The van der Waals surface area contributed by atoms with E-state index in [2.05, 4.69) is 5.32 Å². The number of rotatable bonds is 8. The van der Waals surface area contributed by atoms with Crippen LogP contribution >= 0.6 is 11.8 Å². The van der Waals surface area contributed by atoms with E-state index in [1.165, 1.54) is 5.56 Å². The zero-order valence-electron chi connectivity index (χ0n) is 14.5. The normalized spacial score (nSPS) is 11.6. The van der Waals surface area contributed by atoms with Crippen molar-refractivity contribution in [2.45, 2.75) is 31.2 Å². The second kappa shape index (κ2) is 9.89. The van der Waals surface area contributed by atoms with Crippen LogP contribution in [-0.2, 0) is 14.3 Å². The standard InChI is InChI=1S/C20H23NO3S/c1-15-8-10-18(11-9-15)25-13-12-20(23)24-14-19(22)21-16(2)17-6-4-3-5-7-17/h3-11,16H,12-14H2,1-2H3,(H,21,22)/t16-/m0/s1. The Labute approximate surface area is 153 Å². The largest absolute Gasteiger partial charge is 0.456 e. The van der Waals surface area contributed by atoms with Crippen LogP contribution in [0.15, 0.2) is 59.5 Å². The first-order valence-electron chi connectivity index (χ1n) is 8.24. The number of ether oxygens (including phenoxy) is 1. The van der Waals surface area contributed by atoms with Crippen molar-refractivity contribution in [1.82, 2.24) is 5.32 Å². The number of amides is 1. The quantitative estimate of drug-likeness (QED) is 0.575. The first-order chi connectivity index (χ1) is 12.0. The number of benzene rings is 2. The Kier molecular flexibility index (Phi) is 7.54. The molecular weight excluding hydrogens is 334 g/mol. The molecule has 0 aliphatic heterocycles. The van der Waals surface area contributed by atoms with E-state index in [1.807, 2.05) is 68.4 Å². The van der Waals surface area contributed by atoms with Gasteiger partial charge in [0.15, 0.2) is 6.61 Å². The molecule has 2 aromatic carbocycles. The van der Waals surface area contributed by atoms with E-state index < -0.39 is 0 Å². The van der Waals surface area contributed by atoms with E-state index in [0.717, 1.165) is 10.5 Å². The maximum Gasteiger partial charge on any atom is 0.307 e. The summed E-state index contributed by atoms with van der Waals surface area (Å²) < 4.78 is 5.03. The fourth-order valence-corrected chi connectivity index (χ4v) is 3.05. The minimum Gasteiger partial charge on any atom is -0.456 e. The number of carbonyl (C=O) groups excluding carboxylic acids is 2. The van der Waals surface area contributed by atoms with E-state index in [9.17, 15) is 9.59 Å². The molecular formula is C20H23NO3S. The van der Waals surface area contributed by atoms with Crippen LogP contribution in [0.25, 0.3) is 0 Å². The smallest absolute Gasteiger partial charge is 0.307 e. The Balaban J connectivity index is 1.64. The van der Waals surface area contributed by atoms with Gasteiger partial charge in [0.1, 0.15) is 0 Å². The summed E-state index contributed by atoms with van der Waals surface area (Å²) in [6.07, 6.45) is 0.278. The maximum atomic E-state index is 11.9. The summed E-state index contributed by atoms with van der Waals surface area (Å²) >= 11 is 1.60. The zero-order valence-corrected chi connectivity index (χ0v) is 15.3. The number of hydrogen-bond donors (Lipinski definition) is 1. The number of thioether (sulfide) groups is 1. The molecule has 1 amide bonds. The predicted molar refractivity (Wildman–Crippen MR) is 100 cm³/mol. The highest BCUT2D eigenvalue weighted by atomic mass is 32.2. The van der Waals surface area contributed by atoms with Crippen molar-refractivity contribution < 1.29 is 14.3 Å². The van der Waals surface area contributed by atoms with Gasteiger partial charge in [-0.15, -0.1) is 11.8 Å². The van der Waals surface area contributed by atoms with Gasteiger partial charge in [-0.25, -0.2) is 0 Å². The van der Waals surface area contributed by atoms with E-state index in [1.54, 1.807) is 11.8 Å². The SMILES string of the molecule is Cc1ccc(SCCC(=O)OCC(=O)N[C@@H](C)c2ccccc2)cc1. The number of carbonyl (C=O) groups is 2. The van der Waals surface area contributed by atoms with Crippen LogP contribution in [0.2, 0.25) is 0 Å². The first-order valence-corrected chi connectivity index (χ1v) is 9.22. The van der Waals surface area contributed by atoms with Gasteiger partial charge in [-0.3, -0.25) is 9.59 Å². The van der Waals surface area contributed by atoms with Gasteiger partial charge in [0.2, 0.25) is 0 Å². The van der Waals surface area contributed by atoms with Crippen LogP contribution in [0.5, 0.6) is 0 Å². The molecule has 0 aromatic heterocycles. The molecule has 1 atom stereocenters. The molecule has 0 unspecified atom stereocenters. The molecule has 0 saturated carbocycles. The van der Waals surface area contributed by atoms with E-state index in [0.29, 0.717) is 5.75 Å².